The predicted molar refractivity (Wildman–Crippen MR) is 86.2 cm³/mol. The molecule has 1 atom stereocenters. The van der Waals surface area contributed by atoms with Gasteiger partial charge in [0, 0.05) is 11.1 Å². The lowest BCUT2D eigenvalue weighted by Gasteiger charge is -2.18. The molecule has 1 amide bonds. The molecule has 0 saturated heterocycles. The van der Waals surface area contributed by atoms with Gasteiger partial charge in [-0.25, -0.2) is 0 Å². The summed E-state index contributed by atoms with van der Waals surface area (Å²) in [5, 5.41) is 12.0. The fourth-order valence-corrected chi connectivity index (χ4v) is 2.98. The van der Waals surface area contributed by atoms with Gasteiger partial charge in [0.2, 0.25) is 0 Å². The molecule has 1 aliphatic heterocycles. The summed E-state index contributed by atoms with van der Waals surface area (Å²) >= 11 is 0. The number of para-hydroxylation sites is 1. The Morgan fingerprint density at radius 3 is 2.92 bits per heavy atom. The summed E-state index contributed by atoms with van der Waals surface area (Å²) in [6.45, 7) is 2.34. The maximum absolute atomic E-state index is 12.7. The number of carbonyl (C=O) groups is 2. The second-order valence-electron chi connectivity index (χ2n) is 5.84. The SMILES string of the molecule is Cc1coc(CC(=O)O)c1C(=O)NC1CCCOc2ccccc21. The van der Waals surface area contributed by atoms with Gasteiger partial charge in [0.15, 0.2) is 0 Å². The maximum Gasteiger partial charge on any atom is 0.311 e. The second-order valence-corrected chi connectivity index (χ2v) is 5.84. The minimum Gasteiger partial charge on any atom is -0.493 e. The molecule has 6 nitrogen and oxygen atoms in total. The van der Waals surface area contributed by atoms with E-state index in [-0.39, 0.29) is 24.1 Å². The molecule has 0 radical (unpaired) electrons. The third-order valence-electron chi connectivity index (χ3n) is 4.08. The summed E-state index contributed by atoms with van der Waals surface area (Å²) in [4.78, 5) is 23.7. The van der Waals surface area contributed by atoms with Crippen LogP contribution in [-0.4, -0.2) is 23.6 Å². The van der Waals surface area contributed by atoms with Crippen LogP contribution in [0.5, 0.6) is 5.75 Å². The molecule has 3 rings (SSSR count). The largest absolute Gasteiger partial charge is 0.493 e. The van der Waals surface area contributed by atoms with E-state index in [9.17, 15) is 9.59 Å². The van der Waals surface area contributed by atoms with Crippen molar-refractivity contribution < 1.29 is 23.8 Å². The van der Waals surface area contributed by atoms with Crippen LogP contribution in [0.4, 0.5) is 0 Å². The summed E-state index contributed by atoms with van der Waals surface area (Å²) < 4.78 is 10.9. The molecule has 0 spiro atoms. The highest BCUT2D eigenvalue weighted by Gasteiger charge is 2.25. The van der Waals surface area contributed by atoms with Gasteiger partial charge in [-0.15, -0.1) is 0 Å². The van der Waals surface area contributed by atoms with Gasteiger partial charge in [0.1, 0.15) is 17.9 Å². The van der Waals surface area contributed by atoms with E-state index in [1.807, 2.05) is 24.3 Å². The lowest BCUT2D eigenvalue weighted by atomic mass is 10.0. The highest BCUT2D eigenvalue weighted by Crippen LogP contribution is 2.31. The minimum atomic E-state index is -1.04. The van der Waals surface area contributed by atoms with Crippen molar-refractivity contribution >= 4 is 11.9 Å². The lowest BCUT2D eigenvalue weighted by molar-refractivity contribution is -0.136. The van der Waals surface area contributed by atoms with Gasteiger partial charge in [-0.1, -0.05) is 18.2 Å². The normalized spacial score (nSPS) is 16.6. The van der Waals surface area contributed by atoms with Crippen LogP contribution in [0.3, 0.4) is 0 Å². The van der Waals surface area contributed by atoms with Crippen molar-refractivity contribution in [2.24, 2.45) is 0 Å². The zero-order valence-electron chi connectivity index (χ0n) is 13.4. The Balaban J connectivity index is 1.85. The number of benzene rings is 1. The molecular weight excluding hydrogens is 310 g/mol. The molecule has 24 heavy (non-hydrogen) atoms. The molecule has 1 aromatic carbocycles. The second kappa shape index (κ2) is 6.78. The first-order valence-corrected chi connectivity index (χ1v) is 7.87. The quantitative estimate of drug-likeness (QED) is 0.900. The molecule has 0 saturated carbocycles. The topological polar surface area (TPSA) is 88.8 Å². The molecule has 0 aliphatic carbocycles. The minimum absolute atomic E-state index is 0.177. The third kappa shape index (κ3) is 3.27. The maximum atomic E-state index is 12.7. The molecule has 2 aromatic rings. The van der Waals surface area contributed by atoms with Gasteiger partial charge >= 0.3 is 5.97 Å². The number of carbonyl (C=O) groups excluding carboxylic acids is 1. The fraction of sp³-hybridized carbons (Fsp3) is 0.333. The molecular formula is C18H19NO5. The average Bonchev–Trinajstić information content (AvgIpc) is 2.78. The van der Waals surface area contributed by atoms with Crippen LogP contribution >= 0.6 is 0 Å². The van der Waals surface area contributed by atoms with Crippen molar-refractivity contribution in [2.75, 3.05) is 6.61 Å². The van der Waals surface area contributed by atoms with E-state index in [1.165, 1.54) is 6.26 Å². The third-order valence-corrected chi connectivity index (χ3v) is 4.08. The molecule has 0 bridgehead atoms. The van der Waals surface area contributed by atoms with E-state index in [0.29, 0.717) is 17.7 Å². The first-order valence-electron chi connectivity index (χ1n) is 7.87. The van der Waals surface area contributed by atoms with E-state index in [4.69, 9.17) is 14.3 Å². The molecule has 1 unspecified atom stereocenters. The van der Waals surface area contributed by atoms with Gasteiger partial charge in [-0.3, -0.25) is 9.59 Å². The zero-order chi connectivity index (χ0) is 17.1. The Morgan fingerprint density at radius 1 is 1.33 bits per heavy atom. The van der Waals surface area contributed by atoms with Crippen molar-refractivity contribution in [3.05, 3.63) is 53.0 Å². The fourth-order valence-electron chi connectivity index (χ4n) is 2.98. The van der Waals surface area contributed by atoms with Crippen LogP contribution in [0.2, 0.25) is 0 Å². The van der Waals surface area contributed by atoms with E-state index in [0.717, 1.165) is 24.2 Å². The van der Waals surface area contributed by atoms with Crippen LogP contribution in [0.1, 0.15) is 46.1 Å². The number of carboxylic acids is 1. The number of hydrogen-bond donors (Lipinski definition) is 2. The van der Waals surface area contributed by atoms with E-state index >= 15 is 0 Å². The van der Waals surface area contributed by atoms with Crippen molar-refractivity contribution in [2.45, 2.75) is 32.2 Å². The summed E-state index contributed by atoms with van der Waals surface area (Å²) in [5.41, 5.74) is 1.87. The summed E-state index contributed by atoms with van der Waals surface area (Å²) in [7, 11) is 0. The lowest BCUT2D eigenvalue weighted by Crippen LogP contribution is -2.29. The summed E-state index contributed by atoms with van der Waals surface area (Å²) in [5.74, 6) is -0.406. The van der Waals surface area contributed by atoms with Gasteiger partial charge < -0.3 is 19.6 Å². The number of ether oxygens (including phenoxy) is 1. The van der Waals surface area contributed by atoms with Crippen LogP contribution in [0.15, 0.2) is 34.9 Å². The number of amides is 1. The monoisotopic (exact) mass is 329 g/mol. The molecule has 2 heterocycles. The number of nitrogens with one attached hydrogen (secondary N) is 1. The molecule has 2 N–H and O–H groups in total. The average molecular weight is 329 g/mol. The van der Waals surface area contributed by atoms with Crippen LogP contribution in [0.25, 0.3) is 0 Å². The number of aryl methyl sites for hydroxylation is 1. The van der Waals surface area contributed by atoms with Gasteiger partial charge in [-0.05, 0) is 25.8 Å². The summed E-state index contributed by atoms with van der Waals surface area (Å²) in [6, 6.07) is 7.45. The van der Waals surface area contributed by atoms with Crippen molar-refractivity contribution in [3.8, 4) is 5.75 Å². The smallest absolute Gasteiger partial charge is 0.311 e. The molecule has 0 fully saturated rings. The molecule has 6 heteroatoms. The number of furan rings is 1. The van der Waals surface area contributed by atoms with Crippen molar-refractivity contribution in [1.29, 1.82) is 0 Å². The van der Waals surface area contributed by atoms with E-state index in [2.05, 4.69) is 5.32 Å². The van der Waals surface area contributed by atoms with E-state index in [1.54, 1.807) is 6.92 Å². The Kier molecular flexibility index (Phi) is 4.55. The first kappa shape index (κ1) is 16.1. The summed E-state index contributed by atoms with van der Waals surface area (Å²) in [6.07, 6.45) is 2.68. The number of carboxylic acid groups (broad SMARTS) is 1. The van der Waals surface area contributed by atoms with Gasteiger partial charge in [-0.2, -0.15) is 0 Å². The Hall–Kier alpha value is -2.76. The van der Waals surface area contributed by atoms with Crippen LogP contribution in [0, 0.1) is 6.92 Å². The van der Waals surface area contributed by atoms with Gasteiger partial charge in [0.05, 0.1) is 24.5 Å². The number of fused-ring (bicyclic) bond motifs is 1. The highest BCUT2D eigenvalue weighted by molar-refractivity contribution is 5.97. The zero-order valence-corrected chi connectivity index (χ0v) is 13.4. The predicted octanol–water partition coefficient (Wildman–Crippen LogP) is 2.86. The number of hydrogen-bond acceptors (Lipinski definition) is 4. The van der Waals surface area contributed by atoms with Crippen molar-refractivity contribution in [3.63, 3.8) is 0 Å². The highest BCUT2D eigenvalue weighted by atomic mass is 16.5. The van der Waals surface area contributed by atoms with Gasteiger partial charge in [0.25, 0.3) is 5.91 Å². The number of rotatable bonds is 4. The van der Waals surface area contributed by atoms with Crippen LogP contribution in [-0.2, 0) is 11.2 Å². The molecule has 1 aromatic heterocycles. The number of aliphatic carboxylic acids is 1. The molecule has 1 aliphatic rings. The first-order chi connectivity index (χ1) is 11.6. The molecule has 126 valence electrons. The van der Waals surface area contributed by atoms with Crippen LogP contribution < -0.4 is 10.1 Å². The Bertz CT molecular complexity index is 765. The van der Waals surface area contributed by atoms with Crippen molar-refractivity contribution in [1.82, 2.24) is 5.32 Å². The Morgan fingerprint density at radius 2 is 2.12 bits per heavy atom. The Labute approximate surface area is 139 Å². The standard InChI is InChI=1S/C18H19NO5/c1-11-10-24-15(9-16(20)21)17(11)18(22)19-13-6-4-8-23-14-7-3-2-5-12(13)14/h2-3,5,7,10,13H,4,6,8-9H2,1H3,(H,19,22)(H,20,21). The van der Waals surface area contributed by atoms with E-state index < -0.39 is 5.97 Å².